The number of nitrogens with one attached hydrogen (secondary N) is 2. The normalized spacial score (nSPS) is 12.4. The number of aryl methyl sites for hydroxylation is 1. The van der Waals surface area contributed by atoms with Crippen LogP contribution >= 0.6 is 11.6 Å². The monoisotopic (exact) mass is 362 g/mol. The van der Waals surface area contributed by atoms with Crippen molar-refractivity contribution in [3.05, 3.63) is 40.9 Å². The number of benzene rings is 2. The smallest absolute Gasteiger partial charge is 0.243 e. The van der Waals surface area contributed by atoms with Crippen molar-refractivity contribution in [2.75, 3.05) is 37.5 Å². The van der Waals surface area contributed by atoms with E-state index in [2.05, 4.69) is 10.6 Å². The predicted octanol–water partition coefficient (Wildman–Crippen LogP) is 3.48. The molecule has 7 heteroatoms. The molecule has 0 spiro atoms. The molecule has 132 valence electrons. The number of hydrogen-bond donors (Lipinski definition) is 2. The maximum absolute atomic E-state index is 12.2. The molecule has 25 heavy (non-hydrogen) atoms. The predicted molar refractivity (Wildman–Crippen MR) is 97.3 cm³/mol. The highest BCUT2D eigenvalue weighted by atomic mass is 35.5. The summed E-state index contributed by atoms with van der Waals surface area (Å²) in [5.74, 6) is 1.59. The summed E-state index contributed by atoms with van der Waals surface area (Å²) >= 11 is 6.20. The van der Waals surface area contributed by atoms with Crippen molar-refractivity contribution >= 4 is 28.9 Å². The molecule has 0 atom stereocenters. The summed E-state index contributed by atoms with van der Waals surface area (Å²) < 4.78 is 16.3. The zero-order chi connectivity index (χ0) is 17.8. The van der Waals surface area contributed by atoms with E-state index in [9.17, 15) is 4.79 Å². The van der Waals surface area contributed by atoms with E-state index in [1.165, 1.54) is 0 Å². The van der Waals surface area contributed by atoms with Gasteiger partial charge >= 0.3 is 0 Å². The molecular formula is C18H19ClN2O4. The van der Waals surface area contributed by atoms with E-state index in [1.54, 1.807) is 19.2 Å². The Balaban J connectivity index is 1.66. The first-order valence-electron chi connectivity index (χ1n) is 7.84. The van der Waals surface area contributed by atoms with E-state index >= 15 is 0 Å². The average molecular weight is 363 g/mol. The number of ether oxygens (including phenoxy) is 3. The molecule has 2 aromatic rings. The lowest BCUT2D eigenvalue weighted by atomic mass is 10.2. The number of carbonyl (C=O) groups excluding carboxylic acids is 1. The Morgan fingerprint density at radius 3 is 2.60 bits per heavy atom. The fourth-order valence-corrected chi connectivity index (χ4v) is 2.69. The Kier molecular flexibility index (Phi) is 5.19. The Hall–Kier alpha value is -2.60. The van der Waals surface area contributed by atoms with Gasteiger partial charge in [-0.15, -0.1) is 0 Å². The first-order valence-corrected chi connectivity index (χ1v) is 8.22. The van der Waals surface area contributed by atoms with Crippen LogP contribution in [0.1, 0.15) is 5.56 Å². The van der Waals surface area contributed by atoms with Crippen molar-refractivity contribution < 1.29 is 19.0 Å². The highest BCUT2D eigenvalue weighted by Crippen LogP contribution is 2.37. The van der Waals surface area contributed by atoms with Gasteiger partial charge in [-0.2, -0.15) is 0 Å². The van der Waals surface area contributed by atoms with Gasteiger partial charge in [0.15, 0.2) is 11.5 Å². The van der Waals surface area contributed by atoms with Gasteiger partial charge in [-0.05, 0) is 24.6 Å². The van der Waals surface area contributed by atoms with Gasteiger partial charge in [-0.3, -0.25) is 4.79 Å². The van der Waals surface area contributed by atoms with E-state index < -0.39 is 0 Å². The molecule has 0 fully saturated rings. The van der Waals surface area contributed by atoms with Gasteiger partial charge in [0.1, 0.15) is 19.0 Å². The minimum Gasteiger partial charge on any atom is -0.495 e. The number of anilines is 2. The molecule has 1 aliphatic rings. The molecule has 0 radical (unpaired) electrons. The number of hydrogen-bond acceptors (Lipinski definition) is 5. The Labute approximate surface area is 151 Å². The zero-order valence-electron chi connectivity index (χ0n) is 14.0. The molecule has 6 nitrogen and oxygen atoms in total. The third kappa shape index (κ3) is 4.09. The summed E-state index contributed by atoms with van der Waals surface area (Å²) in [6.07, 6.45) is 0. The Morgan fingerprint density at radius 1 is 1.16 bits per heavy atom. The van der Waals surface area contributed by atoms with E-state index in [1.807, 2.05) is 25.1 Å². The lowest BCUT2D eigenvalue weighted by Gasteiger charge is -2.20. The number of amides is 1. The molecule has 3 rings (SSSR count). The van der Waals surface area contributed by atoms with E-state index in [0.29, 0.717) is 41.2 Å². The molecule has 0 bridgehead atoms. The molecule has 0 aromatic heterocycles. The number of methoxy groups -OCH3 is 1. The van der Waals surface area contributed by atoms with Crippen molar-refractivity contribution in [2.24, 2.45) is 0 Å². The van der Waals surface area contributed by atoms with E-state index in [-0.39, 0.29) is 12.5 Å². The highest BCUT2D eigenvalue weighted by molar-refractivity contribution is 6.34. The Bertz CT molecular complexity index is 795. The van der Waals surface area contributed by atoms with Crippen LogP contribution in [0.25, 0.3) is 0 Å². The molecule has 1 heterocycles. The van der Waals surface area contributed by atoms with Gasteiger partial charge in [0.2, 0.25) is 5.91 Å². The minimum atomic E-state index is -0.234. The van der Waals surface area contributed by atoms with Crippen LogP contribution in [0.4, 0.5) is 11.4 Å². The summed E-state index contributed by atoms with van der Waals surface area (Å²) in [4.78, 5) is 12.2. The molecule has 0 aliphatic carbocycles. The van der Waals surface area contributed by atoms with E-state index in [4.69, 9.17) is 25.8 Å². The zero-order valence-corrected chi connectivity index (χ0v) is 14.8. The maximum atomic E-state index is 12.2. The van der Waals surface area contributed by atoms with E-state index in [0.717, 1.165) is 11.3 Å². The van der Waals surface area contributed by atoms with Gasteiger partial charge < -0.3 is 24.8 Å². The van der Waals surface area contributed by atoms with Crippen molar-refractivity contribution in [3.63, 3.8) is 0 Å². The number of carbonyl (C=O) groups is 1. The van der Waals surface area contributed by atoms with Gasteiger partial charge in [-0.1, -0.05) is 17.7 Å². The summed E-state index contributed by atoms with van der Waals surface area (Å²) in [5.41, 5.74) is 2.30. The first-order chi connectivity index (χ1) is 12.1. The average Bonchev–Trinajstić information content (AvgIpc) is 2.60. The quantitative estimate of drug-likeness (QED) is 0.852. The van der Waals surface area contributed by atoms with Crippen LogP contribution < -0.4 is 24.8 Å². The minimum absolute atomic E-state index is 0.0740. The largest absolute Gasteiger partial charge is 0.495 e. The molecular weight excluding hydrogens is 344 g/mol. The van der Waals surface area contributed by atoms with Crippen molar-refractivity contribution in [1.29, 1.82) is 0 Å². The van der Waals surface area contributed by atoms with Crippen LogP contribution in [-0.2, 0) is 4.79 Å². The van der Waals surface area contributed by atoms with Gasteiger partial charge in [0, 0.05) is 12.1 Å². The molecule has 0 saturated carbocycles. The van der Waals surface area contributed by atoms with Crippen LogP contribution in [-0.4, -0.2) is 32.8 Å². The third-order valence-electron chi connectivity index (χ3n) is 3.70. The fourth-order valence-electron chi connectivity index (χ4n) is 2.49. The van der Waals surface area contributed by atoms with Crippen LogP contribution in [0.2, 0.25) is 5.02 Å². The van der Waals surface area contributed by atoms with Gasteiger partial charge in [0.05, 0.1) is 30.1 Å². The van der Waals surface area contributed by atoms with Gasteiger partial charge in [0.25, 0.3) is 0 Å². The summed E-state index contributed by atoms with van der Waals surface area (Å²) in [7, 11) is 1.59. The fraction of sp³-hybridized carbons (Fsp3) is 0.278. The molecule has 1 amide bonds. The number of halogens is 1. The third-order valence-corrected chi connectivity index (χ3v) is 4.01. The lowest BCUT2D eigenvalue weighted by molar-refractivity contribution is -0.114. The number of fused-ring (bicyclic) bond motifs is 1. The number of rotatable bonds is 5. The van der Waals surface area contributed by atoms with Gasteiger partial charge in [-0.25, -0.2) is 0 Å². The second-order valence-corrected chi connectivity index (χ2v) is 5.99. The standard InChI is InChI=1S/C18H19ClN2O4/c1-11-3-4-15(23-2)14(7-11)20-10-18(22)21-13-9-17-16(8-12(13)19)24-5-6-25-17/h3-4,7-9,20H,5-6,10H2,1-2H3,(H,21,22). The summed E-state index contributed by atoms with van der Waals surface area (Å²) in [5, 5.41) is 6.24. The van der Waals surface area contributed by atoms with Crippen LogP contribution in [0.5, 0.6) is 17.2 Å². The molecule has 2 N–H and O–H groups in total. The van der Waals surface area contributed by atoms with Crippen molar-refractivity contribution in [1.82, 2.24) is 0 Å². The maximum Gasteiger partial charge on any atom is 0.243 e. The summed E-state index contributed by atoms with van der Waals surface area (Å²) in [6.45, 7) is 3.00. The van der Waals surface area contributed by atoms with Crippen LogP contribution in [0.15, 0.2) is 30.3 Å². The highest BCUT2D eigenvalue weighted by Gasteiger charge is 2.16. The molecule has 0 saturated heterocycles. The Morgan fingerprint density at radius 2 is 1.88 bits per heavy atom. The second-order valence-electron chi connectivity index (χ2n) is 5.58. The SMILES string of the molecule is COc1ccc(C)cc1NCC(=O)Nc1cc2c(cc1Cl)OCCO2. The first kappa shape index (κ1) is 17.2. The van der Waals surface area contributed by atoms with Crippen molar-refractivity contribution in [2.45, 2.75) is 6.92 Å². The van der Waals surface area contributed by atoms with Crippen LogP contribution in [0.3, 0.4) is 0 Å². The van der Waals surface area contributed by atoms with Crippen molar-refractivity contribution in [3.8, 4) is 17.2 Å². The topological polar surface area (TPSA) is 68.8 Å². The molecule has 0 unspecified atom stereocenters. The molecule has 2 aromatic carbocycles. The molecule has 1 aliphatic heterocycles. The van der Waals surface area contributed by atoms with Crippen LogP contribution in [0, 0.1) is 6.92 Å². The lowest BCUT2D eigenvalue weighted by Crippen LogP contribution is -2.22. The second kappa shape index (κ2) is 7.53. The summed E-state index contributed by atoms with van der Waals surface area (Å²) in [6, 6.07) is 9.03.